The van der Waals surface area contributed by atoms with Crippen LogP contribution in [0, 0.1) is 29.1 Å². The van der Waals surface area contributed by atoms with Gasteiger partial charge in [0.15, 0.2) is 0 Å². The van der Waals surface area contributed by atoms with E-state index in [0.29, 0.717) is 25.6 Å². The third kappa shape index (κ3) is 5.43. The molecule has 1 saturated heterocycles. The van der Waals surface area contributed by atoms with Crippen LogP contribution in [0.3, 0.4) is 0 Å². The van der Waals surface area contributed by atoms with Gasteiger partial charge in [-0.25, -0.2) is 0 Å². The molecule has 0 amide bonds. The molecule has 1 spiro atoms. The van der Waals surface area contributed by atoms with Crippen molar-refractivity contribution in [2.24, 2.45) is 29.1 Å². The zero-order chi connectivity index (χ0) is 25.9. The van der Waals surface area contributed by atoms with Crippen LogP contribution in [-0.4, -0.2) is 49.6 Å². The Morgan fingerprint density at radius 3 is 2.42 bits per heavy atom. The third-order valence-electron chi connectivity index (χ3n) is 8.95. The van der Waals surface area contributed by atoms with Gasteiger partial charge in [0.05, 0.1) is 25.4 Å². The highest BCUT2D eigenvalue weighted by Gasteiger charge is 2.74. The highest BCUT2D eigenvalue weighted by Crippen LogP contribution is 2.73. The van der Waals surface area contributed by atoms with E-state index < -0.39 is 17.9 Å². The molecule has 0 aromatic heterocycles. The Bertz CT molecular complexity index is 862. The molecule has 0 bridgehead atoms. The SMILES string of the molecule is CCCCCCCC(=O)OC[C@@]1(CC)[C@@H]2[C@H]3C(COC(C)=O)=CO[C@H](OC(C)=O)[C@H]3[C@@]3(CC[C@@H]21)CO3. The van der Waals surface area contributed by atoms with Gasteiger partial charge in [-0.3, -0.25) is 14.4 Å². The van der Waals surface area contributed by atoms with Gasteiger partial charge in [-0.15, -0.1) is 0 Å². The average Bonchev–Trinajstić information content (AvgIpc) is 3.74. The van der Waals surface area contributed by atoms with Crippen molar-refractivity contribution in [2.45, 2.75) is 97.4 Å². The first kappa shape index (κ1) is 27.0. The van der Waals surface area contributed by atoms with Gasteiger partial charge in [-0.05, 0) is 37.5 Å². The van der Waals surface area contributed by atoms with Gasteiger partial charge in [-0.2, -0.15) is 0 Å². The third-order valence-corrected chi connectivity index (χ3v) is 8.95. The first-order valence-electron chi connectivity index (χ1n) is 13.7. The molecule has 2 aliphatic carbocycles. The summed E-state index contributed by atoms with van der Waals surface area (Å²) in [6.07, 6.45) is 9.44. The maximum absolute atomic E-state index is 12.6. The van der Waals surface area contributed by atoms with Crippen LogP contribution in [0.2, 0.25) is 0 Å². The summed E-state index contributed by atoms with van der Waals surface area (Å²) in [4.78, 5) is 36.1. The van der Waals surface area contributed by atoms with Crippen molar-refractivity contribution in [1.29, 1.82) is 0 Å². The smallest absolute Gasteiger partial charge is 0.305 e. The number of hydrogen-bond acceptors (Lipinski definition) is 8. The lowest BCUT2D eigenvalue weighted by atomic mass is 9.71. The Kier molecular flexibility index (Phi) is 8.32. The molecule has 3 fully saturated rings. The van der Waals surface area contributed by atoms with Gasteiger partial charge in [0.2, 0.25) is 6.29 Å². The van der Waals surface area contributed by atoms with E-state index in [2.05, 4.69) is 13.8 Å². The van der Waals surface area contributed by atoms with Crippen molar-refractivity contribution in [3.8, 4) is 0 Å². The topological polar surface area (TPSA) is 101 Å². The molecule has 0 N–H and O–H groups in total. The lowest BCUT2D eigenvalue weighted by Gasteiger charge is -2.41. The molecule has 4 rings (SSSR count). The number of carbonyl (C=O) groups excluding carboxylic acids is 3. The van der Waals surface area contributed by atoms with E-state index in [-0.39, 0.29) is 41.7 Å². The molecule has 36 heavy (non-hydrogen) atoms. The van der Waals surface area contributed by atoms with Crippen LogP contribution in [-0.2, 0) is 38.1 Å². The van der Waals surface area contributed by atoms with Crippen LogP contribution < -0.4 is 0 Å². The monoisotopic (exact) mass is 506 g/mol. The predicted octanol–water partition coefficient (Wildman–Crippen LogP) is 4.69. The number of ether oxygens (including phenoxy) is 5. The van der Waals surface area contributed by atoms with Crippen molar-refractivity contribution in [3.05, 3.63) is 11.8 Å². The minimum absolute atomic E-state index is 0.0508. The van der Waals surface area contributed by atoms with Crippen LogP contribution in [0.5, 0.6) is 0 Å². The molecular formula is C28H42O8. The molecule has 4 aliphatic rings. The van der Waals surface area contributed by atoms with Gasteiger partial charge in [0.1, 0.15) is 12.2 Å². The lowest BCUT2D eigenvalue weighted by molar-refractivity contribution is -0.193. The second kappa shape index (κ2) is 11.1. The quantitative estimate of drug-likeness (QED) is 0.163. The zero-order valence-corrected chi connectivity index (χ0v) is 22.2. The minimum Gasteiger partial charge on any atom is -0.465 e. The van der Waals surface area contributed by atoms with Crippen molar-refractivity contribution in [1.82, 2.24) is 0 Å². The number of esters is 3. The van der Waals surface area contributed by atoms with E-state index in [4.69, 9.17) is 23.7 Å². The van der Waals surface area contributed by atoms with Gasteiger partial charge in [0, 0.05) is 37.2 Å². The molecule has 2 heterocycles. The molecule has 2 aliphatic heterocycles. The van der Waals surface area contributed by atoms with Crippen LogP contribution in [0.1, 0.15) is 85.5 Å². The molecular weight excluding hydrogens is 464 g/mol. The standard InChI is InChI=1S/C28H42O8/c1-5-7-8-9-10-11-22(31)34-16-27(6-2)21-12-13-28(17-35-28)25-23(24(21)27)20(14-32-18(3)29)15-33-26(25)36-19(4)30/h15,21,23-26H,5-14,16-17H2,1-4H3/t21-,23+,24-,25-,26+,27+,28+/m0/s1. The van der Waals surface area contributed by atoms with E-state index in [1.807, 2.05) is 0 Å². The summed E-state index contributed by atoms with van der Waals surface area (Å²) in [6.45, 7) is 8.22. The summed E-state index contributed by atoms with van der Waals surface area (Å²) < 4.78 is 28.8. The molecule has 0 aromatic rings. The van der Waals surface area contributed by atoms with E-state index in [1.54, 1.807) is 6.26 Å². The highest BCUT2D eigenvalue weighted by atomic mass is 16.7. The number of unbranched alkanes of at least 4 members (excludes halogenated alkanes) is 4. The van der Waals surface area contributed by atoms with E-state index >= 15 is 0 Å². The molecule has 0 unspecified atom stereocenters. The summed E-state index contributed by atoms with van der Waals surface area (Å²) in [5, 5.41) is 0. The van der Waals surface area contributed by atoms with Crippen molar-refractivity contribution in [3.63, 3.8) is 0 Å². The predicted molar refractivity (Wildman–Crippen MR) is 130 cm³/mol. The maximum Gasteiger partial charge on any atom is 0.305 e. The highest BCUT2D eigenvalue weighted by molar-refractivity contribution is 5.69. The molecule has 202 valence electrons. The zero-order valence-electron chi connectivity index (χ0n) is 22.2. The lowest BCUT2D eigenvalue weighted by Crippen LogP contribution is -2.47. The second-order valence-corrected chi connectivity index (χ2v) is 11.1. The fourth-order valence-corrected chi connectivity index (χ4v) is 6.97. The number of epoxide rings is 1. The summed E-state index contributed by atoms with van der Waals surface area (Å²) in [5.41, 5.74) is 0.329. The summed E-state index contributed by atoms with van der Waals surface area (Å²) in [5.74, 6) is -0.579. The van der Waals surface area contributed by atoms with Crippen LogP contribution in [0.4, 0.5) is 0 Å². The summed E-state index contributed by atoms with van der Waals surface area (Å²) >= 11 is 0. The van der Waals surface area contributed by atoms with Crippen LogP contribution in [0.15, 0.2) is 11.8 Å². The van der Waals surface area contributed by atoms with Gasteiger partial charge in [-0.1, -0.05) is 39.5 Å². The van der Waals surface area contributed by atoms with Crippen LogP contribution in [0.25, 0.3) is 0 Å². The molecule has 8 nitrogen and oxygen atoms in total. The Hall–Kier alpha value is -2.09. The summed E-state index contributed by atoms with van der Waals surface area (Å²) in [6, 6.07) is 0. The average molecular weight is 507 g/mol. The molecule has 8 heteroatoms. The summed E-state index contributed by atoms with van der Waals surface area (Å²) in [7, 11) is 0. The Balaban J connectivity index is 1.52. The molecule has 0 radical (unpaired) electrons. The first-order chi connectivity index (χ1) is 17.3. The second-order valence-electron chi connectivity index (χ2n) is 11.1. The number of carbonyl (C=O) groups is 3. The largest absolute Gasteiger partial charge is 0.465 e. The maximum atomic E-state index is 12.6. The van der Waals surface area contributed by atoms with E-state index in [1.165, 1.54) is 26.7 Å². The number of rotatable bonds is 12. The first-order valence-corrected chi connectivity index (χ1v) is 13.7. The fourth-order valence-electron chi connectivity index (χ4n) is 6.97. The van der Waals surface area contributed by atoms with Crippen LogP contribution >= 0.6 is 0 Å². The Morgan fingerprint density at radius 2 is 1.78 bits per heavy atom. The van der Waals surface area contributed by atoms with Gasteiger partial charge in [0.25, 0.3) is 0 Å². The minimum atomic E-state index is -0.754. The Labute approximate surface area is 214 Å². The van der Waals surface area contributed by atoms with E-state index in [0.717, 1.165) is 44.1 Å². The molecule has 0 aromatic carbocycles. The molecule has 7 atom stereocenters. The van der Waals surface area contributed by atoms with Gasteiger partial charge >= 0.3 is 17.9 Å². The number of hydrogen-bond donors (Lipinski definition) is 0. The van der Waals surface area contributed by atoms with E-state index in [9.17, 15) is 14.4 Å². The van der Waals surface area contributed by atoms with Gasteiger partial charge < -0.3 is 23.7 Å². The fraction of sp³-hybridized carbons (Fsp3) is 0.821. The van der Waals surface area contributed by atoms with Crippen molar-refractivity contribution < 1.29 is 38.1 Å². The Morgan fingerprint density at radius 1 is 1.03 bits per heavy atom. The number of fused-ring (bicyclic) bond motifs is 4. The van der Waals surface area contributed by atoms with Crippen molar-refractivity contribution >= 4 is 17.9 Å². The van der Waals surface area contributed by atoms with Crippen molar-refractivity contribution in [2.75, 3.05) is 19.8 Å². The normalized spacial score (nSPS) is 35.9. The molecule has 2 saturated carbocycles.